The van der Waals surface area contributed by atoms with E-state index in [9.17, 15) is 4.79 Å². The first kappa shape index (κ1) is 19.3. The van der Waals surface area contributed by atoms with Gasteiger partial charge in [0, 0.05) is 6.20 Å². The summed E-state index contributed by atoms with van der Waals surface area (Å²) in [6, 6.07) is 21.6. The van der Waals surface area contributed by atoms with Crippen molar-refractivity contribution >= 4 is 11.7 Å². The maximum Gasteiger partial charge on any atom is 0.247 e. The molecule has 2 atom stereocenters. The number of benzene rings is 2. The number of carbonyl (C=O) groups excluding carboxylic acids is 1. The Morgan fingerprint density at radius 3 is 2.60 bits per heavy atom. The van der Waals surface area contributed by atoms with E-state index in [4.69, 9.17) is 14.7 Å². The summed E-state index contributed by atoms with van der Waals surface area (Å²) in [5.74, 6) is 1.66. The van der Waals surface area contributed by atoms with Crippen molar-refractivity contribution in [3.8, 4) is 17.6 Å². The molecule has 1 aliphatic heterocycles. The van der Waals surface area contributed by atoms with E-state index in [1.807, 2.05) is 60.7 Å². The van der Waals surface area contributed by atoms with Crippen LogP contribution in [0.15, 0.2) is 72.9 Å². The van der Waals surface area contributed by atoms with E-state index in [1.54, 1.807) is 12.1 Å². The van der Waals surface area contributed by atoms with Gasteiger partial charge in [0.15, 0.2) is 11.5 Å². The zero-order valence-corrected chi connectivity index (χ0v) is 16.1. The molecule has 4 rings (SSSR count). The minimum absolute atomic E-state index is 0.213. The summed E-state index contributed by atoms with van der Waals surface area (Å²) in [6.45, 7) is 0.664. The molecule has 2 unspecified atom stereocenters. The number of hydrogen-bond donors (Lipinski definition) is 2. The van der Waals surface area contributed by atoms with E-state index in [-0.39, 0.29) is 12.0 Å². The molecule has 2 aromatic carbocycles. The number of nitrogens with one attached hydrogen (secondary N) is 2. The number of hydrogen-bond acceptors (Lipinski definition) is 6. The first-order valence-corrected chi connectivity index (χ1v) is 9.57. The van der Waals surface area contributed by atoms with Gasteiger partial charge in [0.1, 0.15) is 30.6 Å². The summed E-state index contributed by atoms with van der Waals surface area (Å²) >= 11 is 0. The average Bonchev–Trinajstić information content (AvgIpc) is 2.82. The zero-order chi connectivity index (χ0) is 20.8. The van der Waals surface area contributed by atoms with Crippen LogP contribution < -0.4 is 20.1 Å². The maximum atomic E-state index is 13.0. The van der Waals surface area contributed by atoms with Crippen molar-refractivity contribution in [2.75, 3.05) is 18.5 Å². The van der Waals surface area contributed by atoms with Crippen molar-refractivity contribution in [1.29, 1.82) is 5.26 Å². The monoisotopic (exact) mass is 400 g/mol. The minimum atomic E-state index is -0.650. The van der Waals surface area contributed by atoms with E-state index < -0.39 is 6.04 Å². The molecule has 1 aliphatic rings. The Balaban J connectivity index is 1.44. The van der Waals surface area contributed by atoms with Crippen LogP contribution in [0.25, 0.3) is 0 Å². The summed E-state index contributed by atoms with van der Waals surface area (Å²) in [5.41, 5.74) is 1.25. The molecular formula is C23H20N4O3. The number of aromatic nitrogens is 1. The fourth-order valence-corrected chi connectivity index (χ4v) is 3.12. The van der Waals surface area contributed by atoms with Gasteiger partial charge < -0.3 is 20.1 Å². The Morgan fingerprint density at radius 2 is 1.87 bits per heavy atom. The third-order valence-electron chi connectivity index (χ3n) is 4.65. The molecule has 7 nitrogen and oxygen atoms in total. The van der Waals surface area contributed by atoms with Gasteiger partial charge in [-0.1, -0.05) is 42.5 Å². The van der Waals surface area contributed by atoms with Crippen LogP contribution in [0.1, 0.15) is 17.2 Å². The molecule has 7 heteroatoms. The smallest absolute Gasteiger partial charge is 0.247 e. The Hall–Kier alpha value is -4.05. The molecule has 0 radical (unpaired) electrons. The largest absolute Gasteiger partial charge is 0.486 e. The molecule has 150 valence electrons. The first-order valence-electron chi connectivity index (χ1n) is 9.57. The molecule has 0 saturated carbocycles. The molecule has 30 heavy (non-hydrogen) atoms. The maximum absolute atomic E-state index is 13.0. The van der Waals surface area contributed by atoms with Crippen LogP contribution >= 0.6 is 0 Å². The number of para-hydroxylation sites is 2. The lowest BCUT2D eigenvalue weighted by molar-refractivity contribution is -0.122. The van der Waals surface area contributed by atoms with Gasteiger partial charge in [-0.05, 0) is 29.8 Å². The Morgan fingerprint density at radius 1 is 1.10 bits per heavy atom. The lowest BCUT2D eigenvalue weighted by Gasteiger charge is -2.27. The van der Waals surface area contributed by atoms with Crippen LogP contribution in [0, 0.1) is 11.3 Å². The minimum Gasteiger partial charge on any atom is -0.486 e. The van der Waals surface area contributed by atoms with Gasteiger partial charge in [-0.15, -0.1) is 0 Å². The highest BCUT2D eigenvalue weighted by atomic mass is 16.6. The fraction of sp³-hybridized carbons (Fsp3) is 0.174. The SMILES string of the molecule is N#Cc1ccc(NC(C(=O)NCC2COc3ccccc3O2)c2ccccc2)nc1. The van der Waals surface area contributed by atoms with Gasteiger partial charge in [-0.3, -0.25) is 4.79 Å². The Kier molecular flexibility index (Phi) is 5.76. The van der Waals surface area contributed by atoms with Crippen molar-refractivity contribution < 1.29 is 14.3 Å². The number of ether oxygens (including phenoxy) is 2. The van der Waals surface area contributed by atoms with Crippen LogP contribution in [0.3, 0.4) is 0 Å². The zero-order valence-electron chi connectivity index (χ0n) is 16.1. The van der Waals surface area contributed by atoms with Gasteiger partial charge in [-0.25, -0.2) is 4.98 Å². The van der Waals surface area contributed by atoms with E-state index in [2.05, 4.69) is 15.6 Å². The van der Waals surface area contributed by atoms with Crippen LogP contribution in [-0.2, 0) is 4.79 Å². The van der Waals surface area contributed by atoms with Gasteiger partial charge in [0.05, 0.1) is 12.1 Å². The van der Waals surface area contributed by atoms with E-state index >= 15 is 0 Å². The lowest BCUT2D eigenvalue weighted by Crippen LogP contribution is -2.43. The van der Waals surface area contributed by atoms with Crippen molar-refractivity contribution in [2.45, 2.75) is 12.1 Å². The highest BCUT2D eigenvalue weighted by molar-refractivity contribution is 5.85. The van der Waals surface area contributed by atoms with E-state index in [0.717, 1.165) is 5.56 Å². The first-order chi connectivity index (χ1) is 14.7. The van der Waals surface area contributed by atoms with Gasteiger partial charge >= 0.3 is 0 Å². The Bertz CT molecular complexity index is 1050. The summed E-state index contributed by atoms with van der Waals surface area (Å²) in [5, 5.41) is 15.0. The van der Waals surface area contributed by atoms with Crippen LogP contribution in [0.5, 0.6) is 11.5 Å². The number of anilines is 1. The molecule has 1 aromatic heterocycles. The standard InChI is InChI=1S/C23H20N4O3/c24-12-16-10-11-21(25-13-16)27-22(17-6-2-1-3-7-17)23(28)26-14-18-15-29-19-8-4-5-9-20(19)30-18/h1-11,13,18,22H,14-15H2,(H,25,27)(H,26,28). The van der Waals surface area contributed by atoms with Crippen molar-refractivity contribution in [1.82, 2.24) is 10.3 Å². The molecule has 0 fully saturated rings. The summed E-state index contributed by atoms with van der Waals surface area (Å²) in [6.07, 6.45) is 1.18. The molecule has 0 aliphatic carbocycles. The van der Waals surface area contributed by atoms with Gasteiger partial charge in [-0.2, -0.15) is 5.26 Å². The molecule has 0 saturated heterocycles. The van der Waals surface area contributed by atoms with Crippen molar-refractivity contribution in [3.63, 3.8) is 0 Å². The molecule has 0 spiro atoms. The summed E-state index contributed by atoms with van der Waals surface area (Å²) < 4.78 is 11.6. The second kappa shape index (κ2) is 8.97. The number of amides is 1. The van der Waals surface area contributed by atoms with Crippen LogP contribution in [0.4, 0.5) is 5.82 Å². The van der Waals surface area contributed by atoms with Crippen LogP contribution in [0.2, 0.25) is 0 Å². The number of carbonyl (C=O) groups is 1. The highest BCUT2D eigenvalue weighted by Crippen LogP contribution is 2.30. The molecule has 2 heterocycles. The highest BCUT2D eigenvalue weighted by Gasteiger charge is 2.25. The van der Waals surface area contributed by atoms with Crippen molar-refractivity contribution in [2.24, 2.45) is 0 Å². The number of fused-ring (bicyclic) bond motifs is 1. The summed E-state index contributed by atoms with van der Waals surface area (Å²) in [7, 11) is 0. The van der Waals surface area contributed by atoms with E-state index in [1.165, 1.54) is 6.20 Å². The quantitative estimate of drug-likeness (QED) is 0.660. The van der Waals surface area contributed by atoms with Crippen LogP contribution in [-0.4, -0.2) is 30.1 Å². The lowest BCUT2D eigenvalue weighted by atomic mass is 10.1. The molecule has 1 amide bonds. The van der Waals surface area contributed by atoms with Crippen molar-refractivity contribution in [3.05, 3.63) is 84.1 Å². The van der Waals surface area contributed by atoms with Gasteiger partial charge in [0.2, 0.25) is 5.91 Å². The van der Waals surface area contributed by atoms with Gasteiger partial charge in [0.25, 0.3) is 0 Å². The number of nitrogens with zero attached hydrogens (tertiary/aromatic N) is 2. The number of pyridine rings is 1. The topological polar surface area (TPSA) is 96.3 Å². The van der Waals surface area contributed by atoms with E-state index in [0.29, 0.717) is 36.0 Å². The summed E-state index contributed by atoms with van der Waals surface area (Å²) in [4.78, 5) is 17.2. The fourth-order valence-electron chi connectivity index (χ4n) is 3.12. The molecule has 2 N–H and O–H groups in total. The Labute approximate surface area is 174 Å². The molecule has 3 aromatic rings. The third kappa shape index (κ3) is 4.50. The third-order valence-corrected chi connectivity index (χ3v) is 4.65. The number of rotatable bonds is 6. The predicted molar refractivity (Wildman–Crippen MR) is 111 cm³/mol. The normalized spacial score (nSPS) is 15.5. The predicted octanol–water partition coefficient (Wildman–Crippen LogP) is 3.06. The average molecular weight is 400 g/mol. The number of nitriles is 1. The second-order valence-electron chi connectivity index (χ2n) is 6.77. The molecule has 0 bridgehead atoms. The second-order valence-corrected chi connectivity index (χ2v) is 6.77. The molecular weight excluding hydrogens is 380 g/mol.